The number of unbranched alkanes of at least 4 members (excludes halogenated alkanes) is 35. The predicted molar refractivity (Wildman–Crippen MR) is 367 cm³/mol. The van der Waals surface area contributed by atoms with E-state index in [9.17, 15) is 43.2 Å². The molecule has 540 valence electrons. The molecule has 0 aliphatic rings. The molecule has 0 bridgehead atoms. The van der Waals surface area contributed by atoms with E-state index in [4.69, 9.17) is 37.0 Å². The summed E-state index contributed by atoms with van der Waals surface area (Å²) in [6.07, 6.45) is 44.6. The van der Waals surface area contributed by atoms with Crippen molar-refractivity contribution in [2.45, 2.75) is 375 Å². The molecule has 0 saturated carbocycles. The van der Waals surface area contributed by atoms with E-state index < -0.39 is 97.5 Å². The highest BCUT2D eigenvalue weighted by atomic mass is 31.2. The van der Waals surface area contributed by atoms with Crippen LogP contribution in [0.1, 0.15) is 357 Å². The summed E-state index contributed by atoms with van der Waals surface area (Å²) in [6.45, 7) is 14.1. The topological polar surface area (TPSA) is 237 Å². The third kappa shape index (κ3) is 66.5. The fourth-order valence-corrected chi connectivity index (χ4v) is 12.4. The third-order valence-corrected chi connectivity index (χ3v) is 18.5. The van der Waals surface area contributed by atoms with Gasteiger partial charge in [-0.3, -0.25) is 37.3 Å². The molecule has 91 heavy (non-hydrogen) atoms. The van der Waals surface area contributed by atoms with Gasteiger partial charge in [-0.1, -0.05) is 306 Å². The SMILES string of the molecule is CC(C)CCCCCCCCCCCCCCCCC(=O)OC[C@H](COP(=O)(O)OCC(O)COP(=O)(O)OC[C@@H](COC(=O)CCCCCCCCCC(C)C)OC(=O)CCCCCCCCCCCCC(C)C)OC(=O)CCCCCCCCCCC(C)C. The Morgan fingerprint density at radius 2 is 0.462 bits per heavy atom. The number of carbonyl (C=O) groups is 4. The standard InChI is InChI=1S/C72H140O17P2/c1-62(2)48-40-32-24-17-13-11-9-10-12-14-19-28-36-44-52-69(74)82-58-67(89-72(77)55-47-39-30-22-21-26-34-42-50-64(5)6)60-86-90(78,79)84-56-66(73)57-85-91(80,81)87-61-68(59-83-70(75)53-45-37-31-23-27-35-43-51-65(7)8)88-71(76)54-46-38-29-20-16-15-18-25-33-41-49-63(3)4/h62-68,73H,9-61H2,1-8H3,(H,78,79)(H,80,81)/t66?,67-,68-/m1/s1. The Balaban J connectivity index is 5.22. The molecule has 3 N–H and O–H groups in total. The number of carbonyl (C=O) groups excluding carboxylic acids is 4. The number of aliphatic hydroxyl groups is 1. The van der Waals surface area contributed by atoms with Crippen LogP contribution in [0.25, 0.3) is 0 Å². The molecule has 19 heteroatoms. The van der Waals surface area contributed by atoms with E-state index in [1.807, 2.05) is 0 Å². The number of esters is 4. The van der Waals surface area contributed by atoms with Gasteiger partial charge in [0.05, 0.1) is 26.4 Å². The van der Waals surface area contributed by atoms with E-state index in [1.54, 1.807) is 0 Å². The van der Waals surface area contributed by atoms with Crippen LogP contribution in [0.5, 0.6) is 0 Å². The average Bonchev–Trinajstić information content (AvgIpc) is 3.67. The van der Waals surface area contributed by atoms with Crippen LogP contribution in [0, 0.1) is 23.7 Å². The van der Waals surface area contributed by atoms with Crippen LogP contribution in [-0.4, -0.2) is 96.7 Å². The lowest BCUT2D eigenvalue weighted by atomic mass is 10.0. The van der Waals surface area contributed by atoms with Gasteiger partial charge in [0, 0.05) is 25.7 Å². The minimum atomic E-state index is -4.95. The number of phosphoric ester groups is 2. The van der Waals surface area contributed by atoms with Gasteiger partial charge < -0.3 is 33.8 Å². The molecule has 0 fully saturated rings. The van der Waals surface area contributed by atoms with Crippen LogP contribution in [0.2, 0.25) is 0 Å². The normalized spacial score (nSPS) is 14.2. The Kier molecular flexibility index (Phi) is 60.3. The molecule has 0 saturated heterocycles. The van der Waals surface area contributed by atoms with Crippen molar-refractivity contribution in [1.82, 2.24) is 0 Å². The monoisotopic (exact) mass is 1340 g/mol. The molecule has 0 aromatic carbocycles. The van der Waals surface area contributed by atoms with Crippen molar-refractivity contribution >= 4 is 39.5 Å². The van der Waals surface area contributed by atoms with Gasteiger partial charge >= 0.3 is 39.5 Å². The summed E-state index contributed by atoms with van der Waals surface area (Å²) in [4.78, 5) is 72.6. The van der Waals surface area contributed by atoms with E-state index in [0.717, 1.165) is 114 Å². The quantitative estimate of drug-likeness (QED) is 0.0222. The van der Waals surface area contributed by atoms with Gasteiger partial charge in [0.1, 0.15) is 19.3 Å². The molecule has 0 radical (unpaired) electrons. The maximum absolute atomic E-state index is 13.0. The van der Waals surface area contributed by atoms with Crippen LogP contribution in [0.4, 0.5) is 0 Å². The van der Waals surface area contributed by atoms with Gasteiger partial charge in [-0.05, 0) is 49.4 Å². The molecule has 0 aliphatic carbocycles. The lowest BCUT2D eigenvalue weighted by Gasteiger charge is -2.21. The van der Waals surface area contributed by atoms with Gasteiger partial charge in [-0.2, -0.15) is 0 Å². The van der Waals surface area contributed by atoms with Gasteiger partial charge in [-0.25, -0.2) is 9.13 Å². The van der Waals surface area contributed by atoms with Crippen molar-refractivity contribution in [3.05, 3.63) is 0 Å². The van der Waals surface area contributed by atoms with Gasteiger partial charge in [0.25, 0.3) is 0 Å². The van der Waals surface area contributed by atoms with E-state index in [-0.39, 0.29) is 25.7 Å². The number of hydrogen-bond acceptors (Lipinski definition) is 15. The molecule has 0 rings (SSSR count). The first-order chi connectivity index (χ1) is 43.6. The first-order valence-electron chi connectivity index (χ1n) is 37.2. The Labute approximate surface area is 556 Å². The Hall–Kier alpha value is -1.94. The zero-order valence-corrected chi connectivity index (χ0v) is 61.3. The summed E-state index contributed by atoms with van der Waals surface area (Å²) in [5.41, 5.74) is 0. The first-order valence-corrected chi connectivity index (χ1v) is 40.2. The zero-order valence-electron chi connectivity index (χ0n) is 59.5. The summed E-state index contributed by atoms with van der Waals surface area (Å²) in [5.74, 6) is 0.846. The first kappa shape index (κ1) is 89.1. The Bertz CT molecular complexity index is 1800. The van der Waals surface area contributed by atoms with Crippen molar-refractivity contribution in [1.29, 1.82) is 0 Å². The van der Waals surface area contributed by atoms with Crippen LogP contribution in [-0.2, 0) is 65.4 Å². The van der Waals surface area contributed by atoms with Crippen molar-refractivity contribution in [2.75, 3.05) is 39.6 Å². The molecule has 0 spiro atoms. The van der Waals surface area contributed by atoms with E-state index in [2.05, 4.69) is 55.4 Å². The maximum Gasteiger partial charge on any atom is 0.472 e. The Morgan fingerprint density at radius 1 is 0.275 bits per heavy atom. The summed E-state index contributed by atoms with van der Waals surface area (Å²) in [5, 5.41) is 10.6. The number of ether oxygens (including phenoxy) is 4. The summed E-state index contributed by atoms with van der Waals surface area (Å²) < 4.78 is 68.3. The smallest absolute Gasteiger partial charge is 0.462 e. The molecule has 0 aromatic rings. The molecule has 0 aromatic heterocycles. The van der Waals surface area contributed by atoms with Gasteiger partial charge in [0.2, 0.25) is 0 Å². The average molecular weight is 1340 g/mol. The second-order valence-electron chi connectivity index (χ2n) is 27.9. The molecule has 0 heterocycles. The van der Waals surface area contributed by atoms with Crippen LogP contribution in [0.3, 0.4) is 0 Å². The van der Waals surface area contributed by atoms with Crippen molar-refractivity contribution in [2.24, 2.45) is 23.7 Å². The molecule has 0 amide bonds. The van der Waals surface area contributed by atoms with E-state index in [0.29, 0.717) is 31.6 Å². The van der Waals surface area contributed by atoms with Crippen LogP contribution < -0.4 is 0 Å². The third-order valence-electron chi connectivity index (χ3n) is 16.6. The zero-order chi connectivity index (χ0) is 67.5. The minimum absolute atomic E-state index is 0.104. The van der Waals surface area contributed by atoms with Crippen LogP contribution in [0.15, 0.2) is 0 Å². The molecule has 3 unspecified atom stereocenters. The fraction of sp³-hybridized carbons (Fsp3) is 0.944. The second-order valence-corrected chi connectivity index (χ2v) is 30.8. The number of rotatable bonds is 69. The van der Waals surface area contributed by atoms with Gasteiger partial charge in [0.15, 0.2) is 12.2 Å². The van der Waals surface area contributed by atoms with Crippen LogP contribution >= 0.6 is 15.6 Å². The maximum atomic E-state index is 13.0. The summed E-state index contributed by atoms with van der Waals surface area (Å²) >= 11 is 0. The Morgan fingerprint density at radius 3 is 0.681 bits per heavy atom. The van der Waals surface area contributed by atoms with E-state index in [1.165, 1.54) is 154 Å². The second kappa shape index (κ2) is 61.6. The van der Waals surface area contributed by atoms with Crippen molar-refractivity contribution < 1.29 is 80.2 Å². The summed E-state index contributed by atoms with van der Waals surface area (Å²) in [7, 11) is -9.90. The lowest BCUT2D eigenvalue weighted by molar-refractivity contribution is -0.161. The van der Waals surface area contributed by atoms with E-state index >= 15 is 0 Å². The predicted octanol–water partition coefficient (Wildman–Crippen LogP) is 20.5. The minimum Gasteiger partial charge on any atom is -0.462 e. The van der Waals surface area contributed by atoms with Crippen molar-refractivity contribution in [3.63, 3.8) is 0 Å². The highest BCUT2D eigenvalue weighted by Gasteiger charge is 2.30. The fourth-order valence-electron chi connectivity index (χ4n) is 10.8. The molecular weight excluding hydrogens is 1200 g/mol. The summed E-state index contributed by atoms with van der Waals surface area (Å²) in [6, 6.07) is 0. The molecule has 5 atom stereocenters. The highest BCUT2D eigenvalue weighted by molar-refractivity contribution is 7.47. The number of aliphatic hydroxyl groups excluding tert-OH is 1. The molecule has 17 nitrogen and oxygen atoms in total. The molecular formula is C72H140O17P2. The van der Waals surface area contributed by atoms with Crippen molar-refractivity contribution in [3.8, 4) is 0 Å². The number of hydrogen-bond donors (Lipinski definition) is 3. The lowest BCUT2D eigenvalue weighted by Crippen LogP contribution is -2.30. The molecule has 0 aliphatic heterocycles. The highest BCUT2D eigenvalue weighted by Crippen LogP contribution is 2.45. The largest absolute Gasteiger partial charge is 0.472 e. The van der Waals surface area contributed by atoms with Gasteiger partial charge in [-0.15, -0.1) is 0 Å². The number of phosphoric acid groups is 2.